The molecule has 1 unspecified atom stereocenters. The number of carbonyl (C=O) groups is 1. The molecule has 0 radical (unpaired) electrons. The number of thiophene rings is 2. The monoisotopic (exact) mass is 445 g/mol. The summed E-state index contributed by atoms with van der Waals surface area (Å²) in [6, 6.07) is 11.5. The summed E-state index contributed by atoms with van der Waals surface area (Å²) in [5, 5.41) is 15.5. The van der Waals surface area contributed by atoms with Crippen LogP contribution in [0, 0.1) is 0 Å². The van der Waals surface area contributed by atoms with Gasteiger partial charge in [0, 0.05) is 13.0 Å². The van der Waals surface area contributed by atoms with Gasteiger partial charge in [0.05, 0.1) is 6.54 Å². The number of ether oxygens (including phenoxy) is 3. The van der Waals surface area contributed by atoms with Crippen molar-refractivity contribution in [3.63, 3.8) is 0 Å². The Labute approximate surface area is 183 Å². The third-order valence-corrected chi connectivity index (χ3v) is 6.49. The number of aliphatic carboxylic acids is 1. The highest BCUT2D eigenvalue weighted by atomic mass is 32.1. The van der Waals surface area contributed by atoms with Gasteiger partial charge >= 0.3 is 5.97 Å². The molecule has 0 aliphatic carbocycles. The average molecular weight is 446 g/mol. The standard InChI is InChI=1S/C22H23NO5S2/c1-2-10-27-19(22(24)25)14-15-3-5-16(6-4-15)26-11-9-23-20-17(7-12-29-20)28-18-8-13-30-21(18)23/h3-8,12-13,19H,2,9-11,14H2,1H3,(H,24,25). The van der Waals surface area contributed by atoms with Gasteiger partial charge in [-0.1, -0.05) is 19.1 Å². The van der Waals surface area contributed by atoms with Crippen LogP contribution in [0.3, 0.4) is 0 Å². The summed E-state index contributed by atoms with van der Waals surface area (Å²) < 4.78 is 17.3. The zero-order valence-electron chi connectivity index (χ0n) is 16.6. The van der Waals surface area contributed by atoms with Crippen LogP contribution in [0.25, 0.3) is 0 Å². The molecule has 0 saturated heterocycles. The third-order valence-electron chi connectivity index (χ3n) is 4.66. The summed E-state index contributed by atoms with van der Waals surface area (Å²) in [5.74, 6) is 1.59. The fraction of sp³-hybridized carbons (Fsp3) is 0.318. The number of fused-ring (bicyclic) bond motifs is 2. The number of benzene rings is 1. The highest BCUT2D eigenvalue weighted by molar-refractivity contribution is 7.17. The molecule has 3 aromatic rings. The molecule has 2 aromatic heterocycles. The Kier molecular flexibility index (Phi) is 6.56. The summed E-state index contributed by atoms with van der Waals surface area (Å²) in [7, 11) is 0. The van der Waals surface area contributed by atoms with Crippen molar-refractivity contribution in [1.29, 1.82) is 0 Å². The maximum absolute atomic E-state index is 11.3. The van der Waals surface area contributed by atoms with Crippen molar-refractivity contribution >= 4 is 38.6 Å². The number of nitrogens with zero attached hydrogens (tertiary/aromatic N) is 1. The van der Waals surface area contributed by atoms with Gasteiger partial charge in [-0.25, -0.2) is 4.79 Å². The lowest BCUT2D eigenvalue weighted by Gasteiger charge is -2.27. The molecule has 6 nitrogen and oxygen atoms in total. The molecule has 8 heteroatoms. The quantitative estimate of drug-likeness (QED) is 0.441. The van der Waals surface area contributed by atoms with Crippen LogP contribution in [0.1, 0.15) is 18.9 Å². The number of hydrogen-bond donors (Lipinski definition) is 1. The van der Waals surface area contributed by atoms with E-state index in [0.29, 0.717) is 26.2 Å². The van der Waals surface area contributed by atoms with Crippen LogP contribution in [0.15, 0.2) is 47.2 Å². The molecule has 0 saturated carbocycles. The van der Waals surface area contributed by atoms with Crippen LogP contribution in [0.2, 0.25) is 0 Å². The molecule has 4 rings (SSSR count). The predicted octanol–water partition coefficient (Wildman–Crippen LogP) is 5.55. The Morgan fingerprint density at radius 2 is 1.73 bits per heavy atom. The third kappa shape index (κ3) is 4.61. The van der Waals surface area contributed by atoms with E-state index in [1.165, 1.54) is 0 Å². The molecule has 0 bridgehead atoms. The Bertz CT molecular complexity index is 941. The van der Waals surface area contributed by atoms with E-state index < -0.39 is 12.1 Å². The van der Waals surface area contributed by atoms with Gasteiger partial charge in [0.2, 0.25) is 0 Å². The molecule has 30 heavy (non-hydrogen) atoms. The van der Waals surface area contributed by atoms with Gasteiger partial charge in [0.1, 0.15) is 22.4 Å². The largest absolute Gasteiger partial charge is 0.492 e. The van der Waals surface area contributed by atoms with Crippen molar-refractivity contribution < 1.29 is 24.1 Å². The molecule has 0 fully saturated rings. The van der Waals surface area contributed by atoms with Crippen LogP contribution in [-0.2, 0) is 16.0 Å². The first-order valence-corrected chi connectivity index (χ1v) is 11.6. The molecule has 3 heterocycles. The van der Waals surface area contributed by atoms with Crippen LogP contribution in [0.4, 0.5) is 10.0 Å². The van der Waals surface area contributed by atoms with Gasteiger partial charge in [0.25, 0.3) is 0 Å². The highest BCUT2D eigenvalue weighted by Gasteiger charge is 2.26. The number of hydrogen-bond acceptors (Lipinski definition) is 7. The van der Waals surface area contributed by atoms with Crippen molar-refractivity contribution in [3.05, 3.63) is 52.7 Å². The van der Waals surface area contributed by atoms with Gasteiger partial charge < -0.3 is 24.2 Å². The maximum Gasteiger partial charge on any atom is 0.333 e. The van der Waals surface area contributed by atoms with Crippen molar-refractivity contribution in [2.24, 2.45) is 0 Å². The molecule has 1 atom stereocenters. The number of anilines is 2. The second-order valence-corrected chi connectivity index (χ2v) is 8.62. The Morgan fingerprint density at radius 1 is 1.07 bits per heavy atom. The van der Waals surface area contributed by atoms with E-state index >= 15 is 0 Å². The minimum Gasteiger partial charge on any atom is -0.492 e. The second-order valence-electron chi connectivity index (χ2n) is 6.83. The van der Waals surface area contributed by atoms with Crippen LogP contribution >= 0.6 is 22.7 Å². The van der Waals surface area contributed by atoms with Gasteiger partial charge in [-0.15, -0.1) is 22.7 Å². The van der Waals surface area contributed by atoms with Gasteiger partial charge in [-0.2, -0.15) is 0 Å². The molecule has 0 amide bonds. The van der Waals surface area contributed by atoms with E-state index in [-0.39, 0.29) is 0 Å². The van der Waals surface area contributed by atoms with E-state index in [0.717, 1.165) is 39.2 Å². The second kappa shape index (κ2) is 9.51. The first-order valence-electron chi connectivity index (χ1n) is 9.82. The minimum atomic E-state index is -0.935. The number of rotatable bonds is 10. The van der Waals surface area contributed by atoms with Crippen LogP contribution in [-0.4, -0.2) is 36.9 Å². The van der Waals surface area contributed by atoms with Crippen molar-refractivity contribution in [3.8, 4) is 17.2 Å². The Balaban J connectivity index is 1.33. The predicted molar refractivity (Wildman–Crippen MR) is 119 cm³/mol. The summed E-state index contributed by atoms with van der Waals surface area (Å²) >= 11 is 3.31. The van der Waals surface area contributed by atoms with Gasteiger partial charge in [-0.05, 0) is 47.0 Å². The van der Waals surface area contributed by atoms with E-state index in [4.69, 9.17) is 14.2 Å². The fourth-order valence-corrected chi connectivity index (χ4v) is 4.98. The summed E-state index contributed by atoms with van der Waals surface area (Å²) in [6.07, 6.45) is 0.309. The first-order chi connectivity index (χ1) is 14.7. The first kappa shape index (κ1) is 20.7. The van der Waals surface area contributed by atoms with Crippen LogP contribution in [0.5, 0.6) is 17.2 Å². The Hall–Kier alpha value is -2.55. The lowest BCUT2D eigenvalue weighted by atomic mass is 10.1. The average Bonchev–Trinajstić information content (AvgIpc) is 3.40. The lowest BCUT2D eigenvalue weighted by molar-refractivity contribution is -0.150. The summed E-state index contributed by atoms with van der Waals surface area (Å²) in [5.41, 5.74) is 0.908. The van der Waals surface area contributed by atoms with Crippen LogP contribution < -0.4 is 14.4 Å². The van der Waals surface area contributed by atoms with Crippen molar-refractivity contribution in [2.75, 3.05) is 24.7 Å². The van der Waals surface area contributed by atoms with E-state index in [1.54, 1.807) is 22.7 Å². The molecular formula is C22H23NO5S2. The molecule has 158 valence electrons. The molecule has 1 N–H and O–H groups in total. The topological polar surface area (TPSA) is 68.2 Å². The number of carboxylic acids is 1. The Morgan fingerprint density at radius 3 is 2.33 bits per heavy atom. The zero-order valence-corrected chi connectivity index (χ0v) is 18.2. The molecule has 1 aliphatic rings. The normalized spacial score (nSPS) is 13.3. The van der Waals surface area contributed by atoms with E-state index in [2.05, 4.69) is 4.90 Å². The molecular weight excluding hydrogens is 422 g/mol. The zero-order chi connectivity index (χ0) is 20.9. The smallest absolute Gasteiger partial charge is 0.333 e. The maximum atomic E-state index is 11.3. The summed E-state index contributed by atoms with van der Waals surface area (Å²) in [6.45, 7) is 3.63. The minimum absolute atomic E-state index is 0.339. The van der Waals surface area contributed by atoms with Gasteiger partial charge in [0.15, 0.2) is 17.6 Å². The summed E-state index contributed by atoms with van der Waals surface area (Å²) in [4.78, 5) is 13.6. The molecule has 0 spiro atoms. The van der Waals surface area contributed by atoms with Crippen molar-refractivity contribution in [1.82, 2.24) is 0 Å². The SMILES string of the molecule is CCCOC(Cc1ccc(OCCN2c3sccc3Oc3ccsc32)cc1)C(=O)O. The fourth-order valence-electron chi connectivity index (χ4n) is 3.21. The number of carboxylic acid groups (broad SMARTS) is 1. The van der Waals surface area contributed by atoms with E-state index in [9.17, 15) is 9.90 Å². The lowest BCUT2D eigenvalue weighted by Crippen LogP contribution is -2.26. The molecule has 1 aliphatic heterocycles. The van der Waals surface area contributed by atoms with E-state index in [1.807, 2.05) is 54.1 Å². The highest BCUT2D eigenvalue weighted by Crippen LogP contribution is 2.51. The van der Waals surface area contributed by atoms with Gasteiger partial charge in [-0.3, -0.25) is 0 Å². The van der Waals surface area contributed by atoms with Crippen molar-refractivity contribution in [2.45, 2.75) is 25.9 Å². The molecule has 1 aromatic carbocycles.